The van der Waals surface area contributed by atoms with Crippen LogP contribution in [-0.2, 0) is 44.8 Å². The highest BCUT2D eigenvalue weighted by molar-refractivity contribution is 5.93. The molecule has 7 atom stereocenters. The van der Waals surface area contributed by atoms with Crippen LogP contribution in [-0.4, -0.2) is 107 Å². The largest absolute Gasteiger partial charge is 0.508 e. The van der Waals surface area contributed by atoms with Gasteiger partial charge in [-0.25, -0.2) is 14.9 Å². The van der Waals surface area contributed by atoms with E-state index in [0.29, 0.717) is 24.8 Å². The SMILES string of the molecule is CON(C)C(=O)/C=C/C=C(\C)[C@@H]1C/C=C/C=C/CC(C)C(O)[C@@H](CCC(C)=O)C(=O)NC(C(C)C)C(=O)NC(Cc2cc(O)cc(F)c2)C(=O)N2CCCC(N2)C(=O)O1. The summed E-state index contributed by atoms with van der Waals surface area (Å²) in [5.41, 5.74) is 3.75. The van der Waals surface area contributed by atoms with Crippen LogP contribution in [0.1, 0.15) is 78.7 Å². The summed E-state index contributed by atoms with van der Waals surface area (Å²) in [6.45, 7) is 8.44. The van der Waals surface area contributed by atoms with E-state index in [0.717, 1.165) is 17.2 Å². The molecule has 2 heterocycles. The quantitative estimate of drug-likeness (QED) is 0.100. The Balaban J connectivity index is 2.06. The minimum Gasteiger partial charge on any atom is -0.508 e. The van der Waals surface area contributed by atoms with E-state index in [1.807, 2.05) is 6.08 Å². The third kappa shape index (κ3) is 15.2. The summed E-state index contributed by atoms with van der Waals surface area (Å²) in [6.07, 6.45) is 10.7. The van der Waals surface area contributed by atoms with Crippen molar-refractivity contribution in [2.75, 3.05) is 20.7 Å². The van der Waals surface area contributed by atoms with E-state index in [1.54, 1.807) is 52.0 Å². The van der Waals surface area contributed by atoms with Crippen LogP contribution < -0.4 is 16.1 Å². The lowest BCUT2D eigenvalue weighted by Crippen LogP contribution is -2.62. The highest BCUT2D eigenvalue weighted by Gasteiger charge is 2.38. The number of phenolic OH excluding ortho intramolecular Hbond substituents is 1. The van der Waals surface area contributed by atoms with Crippen molar-refractivity contribution in [1.29, 1.82) is 0 Å². The molecule has 2 bridgehead atoms. The Morgan fingerprint density at radius 2 is 1.76 bits per heavy atom. The Morgan fingerprint density at radius 1 is 1.07 bits per heavy atom. The van der Waals surface area contributed by atoms with Crippen LogP contribution in [0.2, 0.25) is 0 Å². The number of halogens is 1. The number of hydroxylamine groups is 2. The number of aromatic hydroxyl groups is 1. The fourth-order valence-corrected chi connectivity index (χ4v) is 6.68. The molecule has 0 aliphatic carbocycles. The number of carbonyl (C=O) groups is 6. The molecule has 2 aliphatic rings. The van der Waals surface area contributed by atoms with E-state index in [1.165, 1.54) is 44.3 Å². The number of hydrogen-bond donors (Lipinski definition) is 5. The van der Waals surface area contributed by atoms with E-state index in [2.05, 4.69) is 16.1 Å². The molecule has 1 aromatic carbocycles. The summed E-state index contributed by atoms with van der Waals surface area (Å²) in [5, 5.41) is 29.3. The summed E-state index contributed by atoms with van der Waals surface area (Å²) in [4.78, 5) is 85.1. The van der Waals surface area contributed by atoms with Gasteiger partial charge in [-0.15, -0.1) is 0 Å². The molecule has 0 spiro atoms. The van der Waals surface area contributed by atoms with Crippen molar-refractivity contribution in [2.45, 2.75) is 110 Å². The average molecular weight is 826 g/mol. The summed E-state index contributed by atoms with van der Waals surface area (Å²) < 4.78 is 20.4. The first-order valence-electron chi connectivity index (χ1n) is 19.9. The number of aliphatic hydroxyl groups is 1. The number of amides is 4. The molecule has 4 amide bonds. The minimum absolute atomic E-state index is 0.0236. The van der Waals surface area contributed by atoms with Crippen molar-refractivity contribution in [3.8, 4) is 5.75 Å². The van der Waals surface area contributed by atoms with Crippen LogP contribution >= 0.6 is 0 Å². The number of aliphatic hydroxyl groups excluding tert-OH is 1. The van der Waals surface area contributed by atoms with Crippen LogP contribution in [0.4, 0.5) is 4.39 Å². The molecule has 1 saturated heterocycles. The highest BCUT2D eigenvalue weighted by Crippen LogP contribution is 2.24. The highest BCUT2D eigenvalue weighted by atomic mass is 19.1. The first kappa shape index (κ1) is 48.2. The Morgan fingerprint density at radius 3 is 2.41 bits per heavy atom. The molecule has 0 aromatic heterocycles. The summed E-state index contributed by atoms with van der Waals surface area (Å²) >= 11 is 0. The number of nitrogens with one attached hydrogen (secondary N) is 3. The fraction of sp³-hybridized carbons (Fsp3) is 0.535. The van der Waals surface area contributed by atoms with Crippen molar-refractivity contribution in [3.05, 3.63) is 77.7 Å². The van der Waals surface area contributed by atoms with Gasteiger partial charge in [0.25, 0.3) is 11.8 Å². The minimum atomic E-state index is -1.36. The molecule has 0 saturated carbocycles. The number of ether oxygens (including phenoxy) is 1. The number of allylic oxidation sites excluding steroid dienone is 5. The first-order chi connectivity index (χ1) is 27.9. The molecule has 16 heteroatoms. The van der Waals surface area contributed by atoms with Gasteiger partial charge < -0.3 is 30.4 Å². The average Bonchev–Trinajstić information content (AvgIpc) is 3.18. The van der Waals surface area contributed by atoms with Gasteiger partial charge in [-0.2, -0.15) is 0 Å². The normalized spacial score (nSPS) is 26.9. The molecule has 2 aliphatic heterocycles. The van der Waals surface area contributed by atoms with Gasteiger partial charge >= 0.3 is 5.97 Å². The number of nitrogens with zero attached hydrogens (tertiary/aromatic N) is 2. The molecular formula is C43H60FN5O10. The second-order valence-electron chi connectivity index (χ2n) is 15.5. The van der Waals surface area contributed by atoms with Gasteiger partial charge in [-0.1, -0.05) is 57.2 Å². The van der Waals surface area contributed by atoms with Gasteiger partial charge in [-0.3, -0.25) is 33.8 Å². The molecule has 15 nitrogen and oxygen atoms in total. The van der Waals surface area contributed by atoms with Crippen molar-refractivity contribution < 1.29 is 52.9 Å². The Kier molecular flexibility index (Phi) is 19.1. The Hall–Kier alpha value is -5.19. The number of benzene rings is 1. The smallest absolute Gasteiger partial charge is 0.325 e. The number of phenols is 1. The number of hydrogen-bond acceptors (Lipinski definition) is 11. The monoisotopic (exact) mass is 825 g/mol. The third-order valence-corrected chi connectivity index (χ3v) is 10.3. The Bertz CT molecular complexity index is 1760. The summed E-state index contributed by atoms with van der Waals surface area (Å²) in [6, 6.07) is -0.230. The number of likely N-dealkylation sites (N-methyl/N-ethyl adjacent to an activating group) is 1. The second kappa shape index (κ2) is 23.4. The van der Waals surface area contributed by atoms with Crippen molar-refractivity contribution in [1.82, 2.24) is 26.1 Å². The zero-order valence-electron chi connectivity index (χ0n) is 35.0. The van der Waals surface area contributed by atoms with Gasteiger partial charge in [0.05, 0.1) is 19.1 Å². The third-order valence-electron chi connectivity index (χ3n) is 10.3. The molecule has 0 radical (unpaired) electrons. The van der Waals surface area contributed by atoms with Gasteiger partial charge in [0.1, 0.15) is 41.6 Å². The number of cyclic esters (lactones) is 1. The Labute approximate surface area is 345 Å². The van der Waals surface area contributed by atoms with Crippen LogP contribution in [0.25, 0.3) is 0 Å². The lowest BCUT2D eigenvalue weighted by molar-refractivity contribution is -0.162. The van der Waals surface area contributed by atoms with Crippen LogP contribution in [0, 0.1) is 23.6 Å². The number of Topliss-reactive ketones (excluding diaryl/α,β-unsaturated/α-hetero) is 1. The van der Waals surface area contributed by atoms with Gasteiger partial charge in [0, 0.05) is 45.0 Å². The van der Waals surface area contributed by atoms with Gasteiger partial charge in [0.2, 0.25) is 11.8 Å². The van der Waals surface area contributed by atoms with Crippen molar-refractivity contribution in [2.24, 2.45) is 17.8 Å². The van der Waals surface area contributed by atoms with Crippen molar-refractivity contribution >= 4 is 35.4 Å². The number of hydrazine groups is 1. The molecule has 1 aromatic rings. The van der Waals surface area contributed by atoms with E-state index in [-0.39, 0.29) is 49.3 Å². The van der Waals surface area contributed by atoms with Crippen LogP contribution in [0.3, 0.4) is 0 Å². The first-order valence-corrected chi connectivity index (χ1v) is 19.9. The maximum absolute atomic E-state index is 14.4. The maximum Gasteiger partial charge on any atom is 0.325 e. The van der Waals surface area contributed by atoms with E-state index in [4.69, 9.17) is 9.57 Å². The van der Waals surface area contributed by atoms with Gasteiger partial charge in [0.15, 0.2) is 0 Å². The molecule has 1 fully saturated rings. The number of carbonyl (C=O) groups excluding carboxylic acids is 6. The predicted molar refractivity (Wildman–Crippen MR) is 217 cm³/mol. The summed E-state index contributed by atoms with van der Waals surface area (Å²) in [5.74, 6) is -6.41. The fourth-order valence-electron chi connectivity index (χ4n) is 6.68. The van der Waals surface area contributed by atoms with E-state index >= 15 is 0 Å². The number of fused-ring (bicyclic) bond motifs is 2. The van der Waals surface area contributed by atoms with Gasteiger partial charge in [-0.05, 0) is 74.6 Å². The molecule has 5 unspecified atom stereocenters. The van der Waals surface area contributed by atoms with Crippen molar-refractivity contribution in [3.63, 3.8) is 0 Å². The summed E-state index contributed by atoms with van der Waals surface area (Å²) in [7, 11) is 2.82. The molecule has 3 rings (SSSR count). The zero-order valence-corrected chi connectivity index (χ0v) is 35.0. The van der Waals surface area contributed by atoms with E-state index < -0.39 is 83.5 Å². The zero-order chi connectivity index (χ0) is 43.8. The topological polar surface area (TPSA) is 204 Å². The lowest BCUT2D eigenvalue weighted by atomic mass is 9.85. The number of esters is 1. The molecule has 59 heavy (non-hydrogen) atoms. The second-order valence-corrected chi connectivity index (χ2v) is 15.5. The van der Waals surface area contributed by atoms with E-state index in [9.17, 15) is 43.4 Å². The molecule has 324 valence electrons. The number of ketones is 1. The predicted octanol–water partition coefficient (Wildman–Crippen LogP) is 3.52. The standard InChI is InChI=1S/C43H60FN5O10/c1-26(2)38-41(55)45-35(24-30-22-31(44)25-32(51)23-30)42(56)49-21-13-16-34(47-49)43(57)59-36(27(3)15-12-18-37(52)48(6)58-7)17-11-9-8-10-14-28(4)39(53)33(40(54)46-38)20-19-29(5)50/h8-12,15,18,22-23,25-26,28,33-36,38-39,47,51,53H,13-14,16-17,19-21,24H2,1-7H3,(H,45,55)(H,46,54)/b10-8+,11-9+,18-12+,27-15+/t28?,33-,34?,35?,36+,38?,39?/m1/s1. The van der Waals surface area contributed by atoms with Crippen LogP contribution in [0.5, 0.6) is 5.75 Å². The molecule has 5 N–H and O–H groups in total. The maximum atomic E-state index is 14.4. The van der Waals surface area contributed by atoms with Crippen LogP contribution in [0.15, 0.2) is 66.3 Å². The molecular weight excluding hydrogens is 765 g/mol. The lowest BCUT2D eigenvalue weighted by Gasteiger charge is -2.36. The number of rotatable bonds is 10.